The van der Waals surface area contributed by atoms with Gasteiger partial charge in [-0.2, -0.15) is 13.2 Å². The van der Waals surface area contributed by atoms with E-state index >= 15 is 0 Å². The van der Waals surface area contributed by atoms with Gasteiger partial charge in [0.05, 0.1) is 10.5 Å². The summed E-state index contributed by atoms with van der Waals surface area (Å²) >= 11 is 0.747. The van der Waals surface area contributed by atoms with Crippen molar-refractivity contribution < 1.29 is 22.8 Å². The minimum absolute atomic E-state index is 0.120. The summed E-state index contributed by atoms with van der Waals surface area (Å²) in [7, 11) is 0. The lowest BCUT2D eigenvalue weighted by atomic mass is 10.1. The van der Waals surface area contributed by atoms with Gasteiger partial charge in [0.25, 0.3) is 11.1 Å². The van der Waals surface area contributed by atoms with Crippen LogP contribution in [0.2, 0.25) is 0 Å². The van der Waals surface area contributed by atoms with E-state index in [2.05, 4.69) is 0 Å². The van der Waals surface area contributed by atoms with Gasteiger partial charge in [0.1, 0.15) is 0 Å². The summed E-state index contributed by atoms with van der Waals surface area (Å²) in [5.41, 5.74) is 4.96. The number of carbonyl (C=O) groups is 2. The van der Waals surface area contributed by atoms with Crippen molar-refractivity contribution in [3.05, 3.63) is 40.3 Å². The number of rotatable bonds is 3. The van der Waals surface area contributed by atoms with E-state index in [1.165, 1.54) is 18.2 Å². The first-order chi connectivity index (χ1) is 9.82. The monoisotopic (exact) mass is 316 g/mol. The summed E-state index contributed by atoms with van der Waals surface area (Å²) in [5, 5.41) is -0.427. The summed E-state index contributed by atoms with van der Waals surface area (Å²) in [6.45, 7) is 0.278. The fraction of sp³-hybridized carbons (Fsp3) is 0.231. The van der Waals surface area contributed by atoms with Crippen LogP contribution >= 0.6 is 11.8 Å². The normalized spacial score (nSPS) is 17.9. The lowest BCUT2D eigenvalue weighted by molar-refractivity contribution is -0.137. The molecule has 1 aliphatic heterocycles. The lowest BCUT2D eigenvalue weighted by Gasteiger charge is -2.09. The van der Waals surface area contributed by atoms with Crippen LogP contribution in [0.25, 0.3) is 6.08 Å². The highest BCUT2D eigenvalue weighted by Gasteiger charge is 2.34. The molecule has 2 amide bonds. The number of hydrogen-bond acceptors (Lipinski definition) is 4. The van der Waals surface area contributed by atoms with Crippen LogP contribution < -0.4 is 5.73 Å². The van der Waals surface area contributed by atoms with Gasteiger partial charge < -0.3 is 5.73 Å². The molecule has 0 aromatic heterocycles. The van der Waals surface area contributed by atoms with Gasteiger partial charge in [-0.25, -0.2) is 0 Å². The highest BCUT2D eigenvalue weighted by molar-refractivity contribution is 8.18. The predicted octanol–water partition coefficient (Wildman–Crippen LogP) is 2.70. The van der Waals surface area contributed by atoms with Crippen molar-refractivity contribution in [3.63, 3.8) is 0 Å². The Labute approximate surface area is 122 Å². The van der Waals surface area contributed by atoms with E-state index in [0.717, 1.165) is 28.8 Å². The zero-order valence-corrected chi connectivity index (χ0v) is 11.5. The zero-order chi connectivity index (χ0) is 15.6. The van der Waals surface area contributed by atoms with E-state index in [1.54, 1.807) is 0 Å². The summed E-state index contributed by atoms with van der Waals surface area (Å²) in [5.74, 6) is -0.477. The molecule has 2 N–H and O–H groups in total. The standard InChI is InChI=1S/C13H11F3N2O2S/c14-13(15,16)9-3-1-8(2-4-9)7-10-11(19)18(6-5-17)12(20)21-10/h1-4,7H,5-6,17H2/b10-7-. The maximum Gasteiger partial charge on any atom is 0.416 e. The molecule has 8 heteroatoms. The molecule has 0 atom stereocenters. The molecule has 21 heavy (non-hydrogen) atoms. The molecule has 1 fully saturated rings. The zero-order valence-electron chi connectivity index (χ0n) is 10.7. The molecule has 1 heterocycles. The Balaban J connectivity index is 2.21. The first-order valence-corrected chi connectivity index (χ1v) is 6.77. The fourth-order valence-electron chi connectivity index (χ4n) is 1.74. The molecule has 0 aliphatic carbocycles. The SMILES string of the molecule is NCCN1C(=O)S/C(=C\c2ccc(C(F)(F)F)cc2)C1=O. The number of nitrogens with two attached hydrogens (primary N) is 1. The van der Waals surface area contributed by atoms with E-state index in [4.69, 9.17) is 5.73 Å². The number of carbonyl (C=O) groups excluding carboxylic acids is 2. The summed E-state index contributed by atoms with van der Waals surface area (Å²) in [6, 6.07) is 4.35. The van der Waals surface area contributed by atoms with Crippen LogP contribution in [0.1, 0.15) is 11.1 Å². The van der Waals surface area contributed by atoms with Crippen LogP contribution in [0.3, 0.4) is 0 Å². The van der Waals surface area contributed by atoms with Gasteiger partial charge in [0.2, 0.25) is 0 Å². The molecule has 1 aromatic carbocycles. The molecule has 0 radical (unpaired) electrons. The van der Waals surface area contributed by atoms with Crippen LogP contribution in [-0.4, -0.2) is 29.1 Å². The average molecular weight is 316 g/mol. The van der Waals surface area contributed by atoms with Gasteiger partial charge in [-0.15, -0.1) is 0 Å². The third-order valence-corrected chi connectivity index (χ3v) is 3.67. The third-order valence-electron chi connectivity index (χ3n) is 2.76. The van der Waals surface area contributed by atoms with Gasteiger partial charge in [-0.1, -0.05) is 12.1 Å². The molecule has 0 saturated carbocycles. The van der Waals surface area contributed by atoms with Crippen molar-refractivity contribution in [2.75, 3.05) is 13.1 Å². The van der Waals surface area contributed by atoms with Gasteiger partial charge in [0.15, 0.2) is 0 Å². The molecule has 1 aromatic rings. The van der Waals surface area contributed by atoms with Crippen LogP contribution in [0.5, 0.6) is 0 Å². The second-order valence-electron chi connectivity index (χ2n) is 4.24. The van der Waals surface area contributed by atoms with Crippen molar-refractivity contribution in [2.45, 2.75) is 6.18 Å². The van der Waals surface area contributed by atoms with Crippen molar-refractivity contribution in [1.82, 2.24) is 4.90 Å². The Kier molecular flexibility index (Phi) is 4.38. The smallest absolute Gasteiger partial charge is 0.329 e. The highest BCUT2D eigenvalue weighted by Crippen LogP contribution is 2.33. The molecule has 0 unspecified atom stereocenters. The van der Waals surface area contributed by atoms with Gasteiger partial charge >= 0.3 is 6.18 Å². The summed E-state index contributed by atoms with van der Waals surface area (Å²) < 4.78 is 37.3. The van der Waals surface area contributed by atoms with Crippen molar-refractivity contribution in [1.29, 1.82) is 0 Å². The van der Waals surface area contributed by atoms with E-state index in [1.807, 2.05) is 0 Å². The molecule has 112 valence electrons. The van der Waals surface area contributed by atoms with Crippen LogP contribution in [-0.2, 0) is 11.0 Å². The number of nitrogens with zero attached hydrogens (tertiary/aromatic N) is 1. The fourth-order valence-corrected chi connectivity index (χ4v) is 2.61. The minimum Gasteiger partial charge on any atom is -0.329 e. The van der Waals surface area contributed by atoms with Gasteiger partial charge in [0, 0.05) is 13.1 Å². The Morgan fingerprint density at radius 2 is 1.81 bits per heavy atom. The maximum absolute atomic E-state index is 12.4. The number of amides is 2. The van der Waals surface area contributed by atoms with E-state index in [-0.39, 0.29) is 18.0 Å². The van der Waals surface area contributed by atoms with E-state index in [9.17, 15) is 22.8 Å². The predicted molar refractivity (Wildman–Crippen MR) is 73.2 cm³/mol. The number of hydrogen-bond donors (Lipinski definition) is 1. The molecule has 1 aliphatic rings. The Morgan fingerprint density at radius 3 is 2.33 bits per heavy atom. The first kappa shape index (κ1) is 15.6. The quantitative estimate of drug-likeness (QED) is 0.871. The summed E-state index contributed by atoms with van der Waals surface area (Å²) in [6.07, 6.45) is -3.01. The second kappa shape index (κ2) is 5.90. The van der Waals surface area contributed by atoms with E-state index < -0.39 is 22.9 Å². The van der Waals surface area contributed by atoms with Crippen LogP contribution in [0.4, 0.5) is 18.0 Å². The number of imide groups is 1. The molecular formula is C13H11F3N2O2S. The highest BCUT2D eigenvalue weighted by atomic mass is 32.2. The first-order valence-electron chi connectivity index (χ1n) is 5.95. The largest absolute Gasteiger partial charge is 0.416 e. The van der Waals surface area contributed by atoms with Crippen molar-refractivity contribution in [3.8, 4) is 0 Å². The van der Waals surface area contributed by atoms with Gasteiger partial charge in [-0.05, 0) is 35.5 Å². The number of alkyl halides is 3. The Hall–Kier alpha value is -1.80. The molecule has 0 bridgehead atoms. The average Bonchev–Trinajstić information content (AvgIpc) is 2.66. The topological polar surface area (TPSA) is 63.4 Å². The molecule has 1 saturated heterocycles. The van der Waals surface area contributed by atoms with Gasteiger partial charge in [-0.3, -0.25) is 14.5 Å². The Morgan fingerprint density at radius 1 is 1.19 bits per heavy atom. The minimum atomic E-state index is -4.41. The molecule has 0 spiro atoms. The maximum atomic E-state index is 12.4. The second-order valence-corrected chi connectivity index (χ2v) is 5.23. The number of thioether (sulfide) groups is 1. The van der Waals surface area contributed by atoms with Crippen LogP contribution in [0.15, 0.2) is 29.2 Å². The van der Waals surface area contributed by atoms with E-state index in [0.29, 0.717) is 5.56 Å². The molecular weight excluding hydrogens is 305 g/mol. The third kappa shape index (κ3) is 3.45. The molecule has 4 nitrogen and oxygen atoms in total. The lowest BCUT2D eigenvalue weighted by Crippen LogP contribution is -2.33. The molecule has 2 rings (SSSR count). The number of benzene rings is 1. The van der Waals surface area contributed by atoms with Crippen molar-refractivity contribution in [2.24, 2.45) is 5.73 Å². The van der Waals surface area contributed by atoms with Crippen LogP contribution in [0, 0.1) is 0 Å². The number of halogens is 3. The summed E-state index contributed by atoms with van der Waals surface area (Å²) in [4.78, 5) is 24.7. The Bertz CT molecular complexity index is 596. The van der Waals surface area contributed by atoms with Crippen molar-refractivity contribution >= 4 is 29.0 Å².